The van der Waals surface area contributed by atoms with Crippen LogP contribution in [-0.2, 0) is 11.8 Å². The predicted octanol–water partition coefficient (Wildman–Crippen LogP) is 4.03. The lowest BCUT2D eigenvalue weighted by atomic mass is 9.93. The smallest absolute Gasteiger partial charge is 0.270 e. The highest BCUT2D eigenvalue weighted by molar-refractivity contribution is 9.10. The van der Waals surface area contributed by atoms with E-state index in [0.29, 0.717) is 49.3 Å². The number of carbonyl (C=O) groups is 1. The van der Waals surface area contributed by atoms with Crippen molar-refractivity contribution in [1.29, 1.82) is 5.26 Å². The first-order valence-corrected chi connectivity index (χ1v) is 13.7. The Morgan fingerprint density at radius 1 is 1.15 bits per heavy atom. The van der Waals surface area contributed by atoms with Crippen LogP contribution < -0.4 is 15.2 Å². The summed E-state index contributed by atoms with van der Waals surface area (Å²) in [5.41, 5.74) is 2.84. The van der Waals surface area contributed by atoms with Crippen LogP contribution in [0.5, 0.6) is 5.75 Å². The number of rotatable bonds is 5. The lowest BCUT2D eigenvalue weighted by Crippen LogP contribution is -2.36. The van der Waals surface area contributed by atoms with Gasteiger partial charge >= 0.3 is 0 Å². The van der Waals surface area contributed by atoms with Gasteiger partial charge in [-0.15, -0.1) is 4.80 Å². The zero-order chi connectivity index (χ0) is 27.1. The van der Waals surface area contributed by atoms with Crippen molar-refractivity contribution >= 4 is 38.3 Å². The minimum Gasteiger partial charge on any atom is -0.489 e. The minimum absolute atomic E-state index is 0.132. The van der Waals surface area contributed by atoms with Crippen molar-refractivity contribution in [2.45, 2.75) is 44.1 Å². The van der Waals surface area contributed by atoms with Crippen LogP contribution in [0.4, 0.5) is 5.69 Å². The van der Waals surface area contributed by atoms with Crippen molar-refractivity contribution in [2.75, 3.05) is 18.0 Å². The molecular weight excluding hydrogens is 562 g/mol. The van der Waals surface area contributed by atoms with Crippen LogP contribution in [0.2, 0.25) is 0 Å². The Bertz CT molecular complexity index is 1670. The lowest BCUT2D eigenvalue weighted by Gasteiger charge is -2.34. The average molecular weight is 588 g/mol. The maximum absolute atomic E-state index is 13.3. The Morgan fingerprint density at radius 2 is 1.97 bits per heavy atom. The van der Waals surface area contributed by atoms with Gasteiger partial charge < -0.3 is 14.2 Å². The maximum Gasteiger partial charge on any atom is 0.270 e. The number of aryl methyl sites for hydroxylation is 1. The molecule has 0 spiro atoms. The Labute approximate surface area is 232 Å². The predicted molar refractivity (Wildman–Crippen MR) is 148 cm³/mol. The number of carbonyl (C=O) groups excluding carboxylic acids is 1. The summed E-state index contributed by atoms with van der Waals surface area (Å²) in [5, 5.41) is 19.9. The van der Waals surface area contributed by atoms with Crippen molar-refractivity contribution in [3.63, 3.8) is 0 Å². The highest BCUT2D eigenvalue weighted by Gasteiger charge is 2.29. The van der Waals surface area contributed by atoms with Crippen molar-refractivity contribution in [3.05, 3.63) is 68.9 Å². The quantitative estimate of drug-likeness (QED) is 0.343. The second-order valence-corrected chi connectivity index (χ2v) is 10.9. The van der Waals surface area contributed by atoms with Gasteiger partial charge in [0.05, 0.1) is 33.8 Å². The number of nitrogens with zero attached hydrogens (tertiary/aromatic N) is 7. The molecule has 6 rings (SSSR count). The van der Waals surface area contributed by atoms with E-state index in [1.54, 1.807) is 30.4 Å². The largest absolute Gasteiger partial charge is 0.489 e. The topological polar surface area (TPSA) is 119 Å². The molecule has 0 N–H and O–H groups in total. The second kappa shape index (κ2) is 10.3. The number of ketones is 1. The van der Waals surface area contributed by atoms with E-state index < -0.39 is 0 Å². The fraction of sp³-hybridized carbons (Fsp3) is 0.357. The third-order valence-corrected chi connectivity index (χ3v) is 8.26. The van der Waals surface area contributed by atoms with Crippen LogP contribution in [0.25, 0.3) is 16.6 Å². The fourth-order valence-electron chi connectivity index (χ4n) is 5.56. The summed E-state index contributed by atoms with van der Waals surface area (Å²) in [5.74, 6) is 1.01. The van der Waals surface area contributed by atoms with E-state index in [1.807, 2.05) is 24.3 Å². The molecule has 10 nitrogen and oxygen atoms in total. The molecule has 3 aromatic heterocycles. The van der Waals surface area contributed by atoms with Crippen molar-refractivity contribution in [2.24, 2.45) is 7.05 Å². The fourth-order valence-corrected chi connectivity index (χ4v) is 6.00. The number of Topliss-reactive ketones (excluding diaryl/α,β-unsaturated/α-hetero) is 1. The van der Waals surface area contributed by atoms with Crippen molar-refractivity contribution in [3.8, 4) is 17.5 Å². The number of ether oxygens (including phenoxy) is 1. The van der Waals surface area contributed by atoms with Crippen LogP contribution >= 0.6 is 15.9 Å². The summed E-state index contributed by atoms with van der Waals surface area (Å²) >= 11 is 3.63. The van der Waals surface area contributed by atoms with E-state index >= 15 is 0 Å². The van der Waals surface area contributed by atoms with Gasteiger partial charge in [-0.05, 0) is 53.4 Å². The number of benzene rings is 1. The summed E-state index contributed by atoms with van der Waals surface area (Å²) in [6, 6.07) is 9.67. The molecule has 1 aliphatic carbocycles. The van der Waals surface area contributed by atoms with E-state index in [1.165, 1.54) is 4.57 Å². The van der Waals surface area contributed by atoms with Gasteiger partial charge in [0, 0.05) is 56.5 Å². The zero-order valence-corrected chi connectivity index (χ0v) is 23.0. The highest BCUT2D eigenvalue weighted by Crippen LogP contribution is 2.39. The number of hydrogen-bond donors (Lipinski definition) is 0. The van der Waals surface area contributed by atoms with Crippen molar-refractivity contribution in [1.82, 2.24) is 24.5 Å². The van der Waals surface area contributed by atoms with Gasteiger partial charge in [0.1, 0.15) is 35.0 Å². The monoisotopic (exact) mass is 587 g/mol. The van der Waals surface area contributed by atoms with E-state index in [-0.39, 0.29) is 28.9 Å². The molecule has 1 aromatic carbocycles. The number of aromatic nitrogens is 5. The molecule has 1 atom stereocenters. The van der Waals surface area contributed by atoms with Crippen LogP contribution in [0.3, 0.4) is 0 Å². The summed E-state index contributed by atoms with van der Waals surface area (Å²) in [7, 11) is 1.67. The molecule has 0 bridgehead atoms. The molecule has 2 fully saturated rings. The molecule has 1 aliphatic heterocycles. The third kappa shape index (κ3) is 4.69. The first kappa shape index (κ1) is 25.2. The first-order chi connectivity index (χ1) is 18.9. The Morgan fingerprint density at radius 3 is 2.67 bits per heavy atom. The Hall–Kier alpha value is -4.04. The van der Waals surface area contributed by atoms with E-state index in [0.717, 1.165) is 34.1 Å². The summed E-state index contributed by atoms with van der Waals surface area (Å²) in [6.45, 7) is 1.34. The molecule has 198 valence electrons. The summed E-state index contributed by atoms with van der Waals surface area (Å²) < 4.78 is 8.36. The van der Waals surface area contributed by atoms with E-state index in [4.69, 9.17) is 4.74 Å². The maximum atomic E-state index is 13.3. The minimum atomic E-state index is -0.342. The SMILES string of the molecule is Cn1c(=O)c(C#N)c(N2CCC(c3cnn(-c4cccnc4)n3)CC2)c2cc(Br)c(O[C@@H]3CCC(=O)C3)cc21. The number of halogens is 1. The molecule has 4 heterocycles. The van der Waals surface area contributed by atoms with Crippen molar-refractivity contribution < 1.29 is 9.53 Å². The van der Waals surface area contributed by atoms with E-state index in [9.17, 15) is 14.9 Å². The standard InChI is InChI=1S/C28H26BrN7O3/c1-34-25-13-26(39-20-5-4-19(37)11-20)23(29)12-21(25)27(22(14-30)28(34)38)35-9-6-17(7-10-35)24-16-32-36(33-24)18-3-2-8-31-15-18/h2-3,8,12-13,15-17,20H,4-7,9-11H2,1H3/t20-/m1/s1. The second-order valence-electron chi connectivity index (χ2n) is 10.1. The molecule has 1 saturated carbocycles. The van der Waals surface area contributed by atoms with Crippen LogP contribution in [0, 0.1) is 11.3 Å². The van der Waals surface area contributed by atoms with Crippen LogP contribution in [0.1, 0.15) is 49.3 Å². The summed E-state index contributed by atoms with van der Waals surface area (Å²) in [4.78, 5) is 32.9. The van der Waals surface area contributed by atoms with E-state index in [2.05, 4.69) is 42.1 Å². The number of piperidine rings is 1. The molecule has 4 aromatic rings. The summed E-state index contributed by atoms with van der Waals surface area (Å²) in [6.07, 6.45) is 8.30. The van der Waals surface area contributed by atoms with Gasteiger partial charge in [-0.25, -0.2) is 0 Å². The number of nitriles is 1. The number of anilines is 1. The molecule has 0 radical (unpaired) electrons. The zero-order valence-electron chi connectivity index (χ0n) is 21.4. The molecule has 0 amide bonds. The van der Waals surface area contributed by atoms with Gasteiger partial charge in [-0.2, -0.15) is 15.5 Å². The molecule has 0 unspecified atom stereocenters. The molecule has 1 saturated heterocycles. The van der Waals surface area contributed by atoms with Gasteiger partial charge in [-0.1, -0.05) is 0 Å². The first-order valence-electron chi connectivity index (χ1n) is 12.9. The molecule has 2 aliphatic rings. The number of hydrogen-bond acceptors (Lipinski definition) is 8. The third-order valence-electron chi connectivity index (χ3n) is 7.64. The van der Waals surface area contributed by atoms with Gasteiger partial charge in [0.15, 0.2) is 0 Å². The number of fused-ring (bicyclic) bond motifs is 1. The van der Waals surface area contributed by atoms with Crippen LogP contribution in [-0.4, -0.2) is 49.5 Å². The Balaban J connectivity index is 1.30. The molecule has 11 heteroatoms. The average Bonchev–Trinajstić information content (AvgIpc) is 3.61. The van der Waals surface area contributed by atoms with Gasteiger partial charge in [0.2, 0.25) is 0 Å². The highest BCUT2D eigenvalue weighted by atomic mass is 79.9. The molecular formula is C28H26BrN7O3. The Kier molecular flexibility index (Phi) is 6.64. The normalized spacial score (nSPS) is 18.0. The lowest BCUT2D eigenvalue weighted by molar-refractivity contribution is -0.117. The molecule has 39 heavy (non-hydrogen) atoms. The van der Waals surface area contributed by atoms with Crippen LogP contribution in [0.15, 0.2) is 52.1 Å². The van der Waals surface area contributed by atoms with Gasteiger partial charge in [0.25, 0.3) is 5.56 Å². The number of pyridine rings is 2. The van der Waals surface area contributed by atoms with Gasteiger partial charge in [-0.3, -0.25) is 14.6 Å².